The average molecular weight is 470 g/mol. The molecule has 10 heteroatoms. The van der Waals surface area contributed by atoms with Crippen LogP contribution in [0.1, 0.15) is 34.0 Å². The van der Waals surface area contributed by atoms with Crippen molar-refractivity contribution in [3.8, 4) is 11.3 Å². The van der Waals surface area contributed by atoms with E-state index in [0.29, 0.717) is 73.9 Å². The Morgan fingerprint density at radius 2 is 1.91 bits per heavy atom. The van der Waals surface area contributed by atoms with Crippen molar-refractivity contribution in [2.24, 2.45) is 0 Å². The Hall–Kier alpha value is -3.24. The van der Waals surface area contributed by atoms with E-state index in [4.69, 9.17) is 13.7 Å². The molecule has 0 radical (unpaired) electrons. The van der Waals surface area contributed by atoms with Gasteiger partial charge in [-0.2, -0.15) is 0 Å². The third-order valence-corrected chi connectivity index (χ3v) is 6.04. The van der Waals surface area contributed by atoms with Crippen molar-refractivity contribution < 1.29 is 23.3 Å². The average Bonchev–Trinajstić information content (AvgIpc) is 3.37. The third-order valence-electron chi connectivity index (χ3n) is 6.04. The van der Waals surface area contributed by atoms with Gasteiger partial charge in [0.25, 0.3) is 11.6 Å². The van der Waals surface area contributed by atoms with E-state index in [1.807, 2.05) is 24.8 Å². The number of furan rings is 1. The zero-order valence-electron chi connectivity index (χ0n) is 20.1. The van der Waals surface area contributed by atoms with E-state index in [1.165, 1.54) is 0 Å². The van der Waals surface area contributed by atoms with Gasteiger partial charge in [0.1, 0.15) is 11.5 Å². The molecule has 0 aromatic carbocycles. The number of nitrogens with one attached hydrogen (secondary N) is 1. The Morgan fingerprint density at radius 3 is 2.59 bits per heavy atom. The molecule has 1 saturated heterocycles. The molecule has 1 N–H and O–H groups in total. The summed E-state index contributed by atoms with van der Waals surface area (Å²) in [6, 6.07) is 3.70. The van der Waals surface area contributed by atoms with E-state index in [1.54, 1.807) is 20.1 Å². The second-order valence-corrected chi connectivity index (χ2v) is 8.59. The quantitative estimate of drug-likeness (QED) is 0.500. The molecule has 4 heterocycles. The minimum absolute atomic E-state index is 0.0118. The summed E-state index contributed by atoms with van der Waals surface area (Å²) >= 11 is 0. The first kappa shape index (κ1) is 23.9. The smallest absolute Gasteiger partial charge is 0.259 e. The van der Waals surface area contributed by atoms with E-state index in [0.717, 1.165) is 23.5 Å². The largest absolute Gasteiger partial charge is 0.466 e. The molecule has 0 aliphatic carbocycles. The zero-order chi connectivity index (χ0) is 24.2. The lowest BCUT2D eigenvalue weighted by Gasteiger charge is -2.34. The number of aryl methyl sites for hydroxylation is 3. The van der Waals surface area contributed by atoms with Gasteiger partial charge in [0.15, 0.2) is 0 Å². The molecular formula is C24H31N5O5. The first-order chi connectivity index (χ1) is 16.4. The molecule has 4 rings (SSSR count). The number of aromatic nitrogens is 2. The number of carbonyl (C=O) groups excluding carboxylic acids is 2. The van der Waals surface area contributed by atoms with Crippen LogP contribution in [-0.2, 0) is 9.53 Å². The fourth-order valence-electron chi connectivity index (χ4n) is 4.27. The monoisotopic (exact) mass is 469 g/mol. The highest BCUT2D eigenvalue weighted by molar-refractivity contribution is 6.07. The molecule has 1 aliphatic rings. The first-order valence-corrected chi connectivity index (χ1v) is 11.5. The van der Waals surface area contributed by atoms with Gasteiger partial charge in [-0.15, -0.1) is 0 Å². The molecule has 0 bridgehead atoms. The van der Waals surface area contributed by atoms with Gasteiger partial charge in [0, 0.05) is 52.0 Å². The van der Waals surface area contributed by atoms with Gasteiger partial charge in [0.2, 0.25) is 5.91 Å². The topological polar surface area (TPSA) is 114 Å². The summed E-state index contributed by atoms with van der Waals surface area (Å²) in [6.45, 7) is 9.40. The van der Waals surface area contributed by atoms with Crippen LogP contribution in [0.5, 0.6) is 0 Å². The van der Waals surface area contributed by atoms with Crippen molar-refractivity contribution in [2.45, 2.75) is 27.2 Å². The minimum Gasteiger partial charge on any atom is -0.466 e. The molecule has 3 aromatic heterocycles. The fraction of sp³-hybridized carbons (Fsp3) is 0.500. The molecule has 1 aliphatic heterocycles. The number of hydrogen-bond donors (Lipinski definition) is 1. The van der Waals surface area contributed by atoms with Gasteiger partial charge in [-0.25, -0.2) is 4.98 Å². The second kappa shape index (κ2) is 10.4. The lowest BCUT2D eigenvalue weighted by Crippen LogP contribution is -2.51. The van der Waals surface area contributed by atoms with Gasteiger partial charge < -0.3 is 23.9 Å². The summed E-state index contributed by atoms with van der Waals surface area (Å²) in [5.41, 5.74) is 2.91. The summed E-state index contributed by atoms with van der Waals surface area (Å²) in [5.74, 6) is 1.40. The second-order valence-electron chi connectivity index (χ2n) is 8.59. The summed E-state index contributed by atoms with van der Waals surface area (Å²) < 4.78 is 16.1. The number of pyridine rings is 1. The predicted molar refractivity (Wildman–Crippen MR) is 126 cm³/mol. The van der Waals surface area contributed by atoms with E-state index < -0.39 is 0 Å². The van der Waals surface area contributed by atoms with Crippen LogP contribution in [-0.4, -0.2) is 84.7 Å². The Bertz CT molecular complexity index is 1180. The Labute approximate surface area is 198 Å². The maximum Gasteiger partial charge on any atom is 0.259 e. The number of ether oxygens (including phenoxy) is 1. The number of rotatable bonds is 8. The molecule has 3 aromatic rings. The van der Waals surface area contributed by atoms with Crippen molar-refractivity contribution >= 4 is 22.9 Å². The number of nitrogens with zero attached hydrogens (tertiary/aromatic N) is 4. The Morgan fingerprint density at radius 1 is 1.15 bits per heavy atom. The molecule has 2 amide bonds. The highest BCUT2D eigenvalue weighted by Gasteiger charge is 2.27. The molecule has 0 atom stereocenters. The van der Waals surface area contributed by atoms with Gasteiger partial charge in [-0.1, -0.05) is 5.16 Å². The maximum atomic E-state index is 13.6. The van der Waals surface area contributed by atoms with Crippen molar-refractivity contribution in [1.29, 1.82) is 0 Å². The van der Waals surface area contributed by atoms with Crippen molar-refractivity contribution in [2.75, 3.05) is 53.0 Å². The number of piperazine rings is 1. The fourth-order valence-corrected chi connectivity index (χ4v) is 4.27. The van der Waals surface area contributed by atoms with Crippen LogP contribution in [0.4, 0.5) is 0 Å². The number of amides is 2. The molecule has 10 nitrogen and oxygen atoms in total. The SMILES string of the molecule is COCCCNC(=O)CN1CCN(C(=O)c2cc(-c3cc(C)oc3C)nc3onc(C)c23)CC1. The molecule has 0 saturated carbocycles. The highest BCUT2D eigenvalue weighted by atomic mass is 16.5. The highest BCUT2D eigenvalue weighted by Crippen LogP contribution is 2.31. The van der Waals surface area contributed by atoms with Crippen LogP contribution >= 0.6 is 0 Å². The van der Waals surface area contributed by atoms with Gasteiger partial charge in [-0.3, -0.25) is 14.5 Å². The third kappa shape index (κ3) is 5.13. The Kier molecular flexibility index (Phi) is 7.28. The Balaban J connectivity index is 1.47. The van der Waals surface area contributed by atoms with E-state index >= 15 is 0 Å². The molecule has 1 fully saturated rings. The summed E-state index contributed by atoms with van der Waals surface area (Å²) in [6.07, 6.45) is 0.785. The molecule has 0 unspecified atom stereocenters. The lowest BCUT2D eigenvalue weighted by molar-refractivity contribution is -0.122. The molecule has 182 valence electrons. The van der Waals surface area contributed by atoms with Crippen molar-refractivity contribution in [3.05, 3.63) is 34.9 Å². The number of methoxy groups -OCH3 is 1. The van der Waals surface area contributed by atoms with Crippen LogP contribution in [0.15, 0.2) is 21.1 Å². The van der Waals surface area contributed by atoms with Gasteiger partial charge >= 0.3 is 0 Å². The van der Waals surface area contributed by atoms with E-state index in [2.05, 4.69) is 20.4 Å². The summed E-state index contributed by atoms with van der Waals surface area (Å²) in [5, 5.41) is 7.57. The van der Waals surface area contributed by atoms with Crippen LogP contribution in [0, 0.1) is 20.8 Å². The van der Waals surface area contributed by atoms with E-state index in [-0.39, 0.29) is 11.8 Å². The lowest BCUT2D eigenvalue weighted by atomic mass is 10.0. The standard InChI is InChI=1S/C24H31N5O5/c1-15-12-18(17(3)33-15)20-13-19(22-16(2)27-34-23(22)26-20)24(31)29-9-7-28(8-10-29)14-21(30)25-6-5-11-32-4/h12-13H,5-11,14H2,1-4H3,(H,25,30). The van der Waals surface area contributed by atoms with Crippen molar-refractivity contribution in [1.82, 2.24) is 25.3 Å². The molecular weight excluding hydrogens is 438 g/mol. The van der Waals surface area contributed by atoms with Gasteiger partial charge in [-0.05, 0) is 39.3 Å². The van der Waals surface area contributed by atoms with Crippen LogP contribution < -0.4 is 5.32 Å². The van der Waals surface area contributed by atoms with E-state index in [9.17, 15) is 9.59 Å². The first-order valence-electron chi connectivity index (χ1n) is 11.5. The molecule has 0 spiro atoms. The van der Waals surface area contributed by atoms with Crippen LogP contribution in [0.3, 0.4) is 0 Å². The summed E-state index contributed by atoms with van der Waals surface area (Å²) in [7, 11) is 1.64. The normalized spacial score (nSPS) is 14.6. The minimum atomic E-state index is -0.0958. The van der Waals surface area contributed by atoms with Crippen molar-refractivity contribution in [3.63, 3.8) is 0 Å². The maximum absolute atomic E-state index is 13.6. The predicted octanol–water partition coefficient (Wildman–Crippen LogP) is 2.32. The number of carbonyl (C=O) groups is 2. The summed E-state index contributed by atoms with van der Waals surface area (Å²) in [4.78, 5) is 34.2. The number of fused-ring (bicyclic) bond motifs is 1. The molecule has 34 heavy (non-hydrogen) atoms. The van der Waals surface area contributed by atoms with Crippen LogP contribution in [0.25, 0.3) is 22.4 Å². The van der Waals surface area contributed by atoms with Crippen LogP contribution in [0.2, 0.25) is 0 Å². The zero-order valence-corrected chi connectivity index (χ0v) is 20.1. The number of hydrogen-bond acceptors (Lipinski definition) is 8. The van der Waals surface area contributed by atoms with Gasteiger partial charge in [0.05, 0.1) is 28.9 Å².